The highest BCUT2D eigenvalue weighted by molar-refractivity contribution is 6.20. The van der Waals surface area contributed by atoms with Crippen LogP contribution in [0, 0.1) is 0 Å². The maximum atomic E-state index is 5.89. The third-order valence-electron chi connectivity index (χ3n) is 1.97. The van der Waals surface area contributed by atoms with Crippen LogP contribution in [-0.2, 0) is 0 Å². The number of hydrogen-bond donors (Lipinski definition) is 1. The van der Waals surface area contributed by atoms with Gasteiger partial charge in [0.15, 0.2) is 0 Å². The lowest BCUT2D eigenvalue weighted by Gasteiger charge is -2.20. The molecule has 0 saturated carbocycles. The van der Waals surface area contributed by atoms with Gasteiger partial charge in [-0.2, -0.15) is 0 Å². The molecule has 0 rings (SSSR count). The Bertz CT molecular complexity index is 104. The molecule has 0 aliphatic carbocycles. The number of halogens is 1. The molecule has 0 heterocycles. The van der Waals surface area contributed by atoms with E-state index in [1.165, 1.54) is 12.8 Å². The molecule has 0 aromatic carbocycles. The van der Waals surface area contributed by atoms with Crippen LogP contribution in [0.2, 0.25) is 0 Å². The largest absolute Gasteiger partial charge is 0.312 e. The van der Waals surface area contributed by atoms with Crippen molar-refractivity contribution in [3.05, 3.63) is 0 Å². The van der Waals surface area contributed by atoms with Crippen molar-refractivity contribution < 1.29 is 0 Å². The van der Waals surface area contributed by atoms with Gasteiger partial charge >= 0.3 is 0 Å². The van der Waals surface area contributed by atoms with Crippen LogP contribution in [0.3, 0.4) is 0 Å². The van der Waals surface area contributed by atoms with E-state index in [0.717, 1.165) is 6.42 Å². The summed E-state index contributed by atoms with van der Waals surface area (Å²) in [4.78, 5) is 0. The van der Waals surface area contributed by atoms with Crippen molar-refractivity contribution in [3.8, 4) is 0 Å². The van der Waals surface area contributed by atoms with Gasteiger partial charge in [0.05, 0.1) is 0 Å². The zero-order valence-corrected chi connectivity index (χ0v) is 9.49. The van der Waals surface area contributed by atoms with E-state index >= 15 is 0 Å². The quantitative estimate of drug-likeness (QED) is 0.636. The van der Waals surface area contributed by atoms with Gasteiger partial charge in [0.1, 0.15) is 0 Å². The number of nitrogens with one attached hydrogen (secondary N) is 1. The second-order valence-electron chi connectivity index (χ2n) is 3.77. The smallest absolute Gasteiger partial charge is 0.0322 e. The first-order valence-corrected chi connectivity index (χ1v) is 5.40. The fraction of sp³-hybridized carbons (Fsp3) is 1.00. The summed E-state index contributed by atoms with van der Waals surface area (Å²) >= 11 is 5.89. The predicted molar refractivity (Wildman–Crippen MR) is 56.9 cm³/mol. The van der Waals surface area contributed by atoms with E-state index in [4.69, 9.17) is 11.6 Å². The summed E-state index contributed by atoms with van der Waals surface area (Å²) in [6, 6.07) is 1.17. The number of rotatable bonds is 6. The molecule has 74 valence electrons. The summed E-state index contributed by atoms with van der Waals surface area (Å²) in [6.45, 7) is 8.70. The van der Waals surface area contributed by atoms with Crippen molar-refractivity contribution in [2.24, 2.45) is 0 Å². The van der Waals surface area contributed by atoms with Crippen molar-refractivity contribution in [3.63, 3.8) is 0 Å². The Hall–Kier alpha value is 0.250. The molecule has 0 aromatic rings. The first-order chi connectivity index (χ1) is 5.56. The molecule has 0 radical (unpaired) electrons. The van der Waals surface area contributed by atoms with Gasteiger partial charge in [0.25, 0.3) is 0 Å². The Labute approximate surface area is 81.9 Å². The predicted octanol–water partition coefficient (Wildman–Crippen LogP) is 3.17. The molecular formula is C10H22ClN. The molecular weight excluding hydrogens is 170 g/mol. The average molecular weight is 192 g/mol. The number of alkyl halides is 1. The topological polar surface area (TPSA) is 12.0 Å². The minimum atomic E-state index is 0.279. The molecule has 0 bridgehead atoms. The fourth-order valence-corrected chi connectivity index (χ4v) is 1.82. The Morgan fingerprint density at radius 2 is 1.75 bits per heavy atom. The van der Waals surface area contributed by atoms with Crippen LogP contribution in [-0.4, -0.2) is 17.5 Å². The van der Waals surface area contributed by atoms with Gasteiger partial charge in [-0.3, -0.25) is 0 Å². The van der Waals surface area contributed by atoms with Crippen molar-refractivity contribution >= 4 is 11.6 Å². The molecule has 0 aliphatic heterocycles. The fourth-order valence-electron chi connectivity index (χ4n) is 1.56. The highest BCUT2D eigenvalue weighted by Crippen LogP contribution is 2.06. The van der Waals surface area contributed by atoms with Gasteiger partial charge in [-0.1, -0.05) is 13.3 Å². The molecule has 1 N–H and O–H groups in total. The van der Waals surface area contributed by atoms with E-state index in [-0.39, 0.29) is 5.38 Å². The average Bonchev–Trinajstić information content (AvgIpc) is 1.84. The second-order valence-corrected chi connectivity index (χ2v) is 4.52. The molecule has 0 spiro atoms. The minimum Gasteiger partial charge on any atom is -0.312 e. The molecule has 3 unspecified atom stereocenters. The highest BCUT2D eigenvalue weighted by Gasteiger charge is 2.08. The standard InChI is InChI=1S/C10H22ClN/c1-5-6-9(3)12-10(4)7-8(2)11/h8-10,12H,5-7H2,1-4H3. The lowest BCUT2D eigenvalue weighted by atomic mass is 10.1. The summed E-state index contributed by atoms with van der Waals surface area (Å²) in [6.07, 6.45) is 3.55. The molecule has 0 fully saturated rings. The summed E-state index contributed by atoms with van der Waals surface area (Å²) in [5.74, 6) is 0. The van der Waals surface area contributed by atoms with E-state index in [1.807, 2.05) is 6.92 Å². The molecule has 1 nitrogen and oxygen atoms in total. The lowest BCUT2D eigenvalue weighted by molar-refractivity contribution is 0.425. The van der Waals surface area contributed by atoms with Gasteiger partial charge in [-0.25, -0.2) is 0 Å². The zero-order valence-electron chi connectivity index (χ0n) is 8.73. The van der Waals surface area contributed by atoms with Gasteiger partial charge in [0.2, 0.25) is 0 Å². The molecule has 3 atom stereocenters. The lowest BCUT2D eigenvalue weighted by Crippen LogP contribution is -2.35. The Morgan fingerprint density at radius 3 is 2.17 bits per heavy atom. The highest BCUT2D eigenvalue weighted by atomic mass is 35.5. The van der Waals surface area contributed by atoms with Crippen molar-refractivity contribution in [2.45, 2.75) is 64.4 Å². The monoisotopic (exact) mass is 191 g/mol. The van der Waals surface area contributed by atoms with Crippen LogP contribution in [0.4, 0.5) is 0 Å². The first kappa shape index (κ1) is 12.2. The zero-order chi connectivity index (χ0) is 9.56. The van der Waals surface area contributed by atoms with Gasteiger partial charge < -0.3 is 5.32 Å². The summed E-state index contributed by atoms with van der Waals surface area (Å²) in [7, 11) is 0. The van der Waals surface area contributed by atoms with E-state index in [1.54, 1.807) is 0 Å². The van der Waals surface area contributed by atoms with Crippen molar-refractivity contribution in [1.82, 2.24) is 5.32 Å². The van der Waals surface area contributed by atoms with Crippen LogP contribution in [0.25, 0.3) is 0 Å². The molecule has 0 aliphatic rings. The van der Waals surface area contributed by atoms with Crippen LogP contribution in [0.15, 0.2) is 0 Å². The maximum absolute atomic E-state index is 5.89. The van der Waals surface area contributed by atoms with Gasteiger partial charge in [0, 0.05) is 17.5 Å². The maximum Gasteiger partial charge on any atom is 0.0322 e. The molecule has 0 aromatic heterocycles. The SMILES string of the molecule is CCCC(C)NC(C)CC(C)Cl. The molecule has 12 heavy (non-hydrogen) atoms. The molecule has 0 saturated heterocycles. The molecule has 2 heteroatoms. The van der Waals surface area contributed by atoms with Crippen LogP contribution in [0.5, 0.6) is 0 Å². The minimum absolute atomic E-state index is 0.279. The Balaban J connectivity index is 3.46. The first-order valence-electron chi connectivity index (χ1n) is 4.96. The summed E-state index contributed by atoms with van der Waals surface area (Å²) in [5.41, 5.74) is 0. The van der Waals surface area contributed by atoms with Crippen molar-refractivity contribution in [2.75, 3.05) is 0 Å². The van der Waals surface area contributed by atoms with E-state index in [2.05, 4.69) is 26.1 Å². The summed E-state index contributed by atoms with van der Waals surface area (Å²) < 4.78 is 0. The second kappa shape index (κ2) is 6.73. The van der Waals surface area contributed by atoms with Crippen LogP contribution < -0.4 is 5.32 Å². The summed E-state index contributed by atoms with van der Waals surface area (Å²) in [5, 5.41) is 3.81. The van der Waals surface area contributed by atoms with Crippen LogP contribution >= 0.6 is 11.6 Å². The van der Waals surface area contributed by atoms with Crippen molar-refractivity contribution in [1.29, 1.82) is 0 Å². The van der Waals surface area contributed by atoms with Gasteiger partial charge in [-0.05, 0) is 33.6 Å². The Morgan fingerprint density at radius 1 is 1.17 bits per heavy atom. The van der Waals surface area contributed by atoms with Gasteiger partial charge in [-0.15, -0.1) is 11.6 Å². The normalized spacial score (nSPS) is 18.8. The Kier molecular flexibility index (Phi) is 6.87. The number of hydrogen-bond acceptors (Lipinski definition) is 1. The van der Waals surface area contributed by atoms with Crippen LogP contribution in [0.1, 0.15) is 47.0 Å². The van der Waals surface area contributed by atoms with E-state index in [0.29, 0.717) is 12.1 Å². The third-order valence-corrected chi connectivity index (χ3v) is 2.15. The molecule has 0 amide bonds. The van der Waals surface area contributed by atoms with E-state index in [9.17, 15) is 0 Å². The third kappa shape index (κ3) is 6.93. The van der Waals surface area contributed by atoms with E-state index < -0.39 is 0 Å².